The smallest absolute Gasteiger partial charge is 0.328 e. The van der Waals surface area contributed by atoms with Crippen LogP contribution in [-0.4, -0.2) is 135 Å². The third kappa shape index (κ3) is 14.6. The molecule has 1 aromatic carbocycles. The van der Waals surface area contributed by atoms with Crippen LogP contribution >= 0.6 is 0 Å². The van der Waals surface area contributed by atoms with Crippen molar-refractivity contribution in [2.24, 2.45) is 11.5 Å². The van der Waals surface area contributed by atoms with E-state index in [2.05, 4.69) is 31.3 Å². The molecular formula is C30H45N7O14. The third-order valence-electron chi connectivity index (χ3n) is 7.18. The molecule has 1 rings (SSSR count). The van der Waals surface area contributed by atoms with Gasteiger partial charge in [-0.3, -0.25) is 33.6 Å². The summed E-state index contributed by atoms with van der Waals surface area (Å²) in [6, 6.07) is -4.97. The molecule has 0 bridgehead atoms. The summed E-state index contributed by atoms with van der Waals surface area (Å²) in [6.45, 7) is 3.41. The number of aliphatic carboxylic acids is 1. The molecule has 6 amide bonds. The molecular weight excluding hydrogens is 682 g/mol. The molecule has 0 fully saturated rings. The Morgan fingerprint density at radius 3 is 1.55 bits per heavy atom. The molecule has 0 spiro atoms. The van der Waals surface area contributed by atoms with E-state index in [1.54, 1.807) is 0 Å². The number of aliphatic hydroxyl groups excluding tert-OH is 3. The SMILES string of the molecule is COC(=O)[C@H](CC(=O)O)NC(=O)[C@@H](NC(=O)[C@H](Cc1ccc(O)cc1)NC(=O)[C@H](CC(N)=O)NC(=O)[C@@H](NC(=O)[C@@H](N)[C@@H](C)O)[C@@H](C)O)[C@@H](C)O. The number of benzene rings is 1. The predicted molar refractivity (Wildman–Crippen MR) is 173 cm³/mol. The average molecular weight is 728 g/mol. The summed E-state index contributed by atoms with van der Waals surface area (Å²) >= 11 is 0. The number of rotatable bonds is 20. The van der Waals surface area contributed by atoms with Gasteiger partial charge in [0.1, 0.15) is 42.0 Å². The normalized spacial score (nSPS) is 16.2. The number of carboxylic acids is 1. The second-order valence-corrected chi connectivity index (χ2v) is 11.6. The number of esters is 1. The van der Waals surface area contributed by atoms with Crippen LogP contribution < -0.4 is 38.1 Å². The predicted octanol–water partition coefficient (Wildman–Crippen LogP) is -5.65. The Hall–Kier alpha value is -5.38. The van der Waals surface area contributed by atoms with Crippen LogP contribution in [0.5, 0.6) is 5.75 Å². The first-order valence-electron chi connectivity index (χ1n) is 15.4. The minimum absolute atomic E-state index is 0.144. The van der Waals surface area contributed by atoms with Crippen LogP contribution in [-0.2, 0) is 49.5 Å². The number of phenols is 1. The second-order valence-electron chi connectivity index (χ2n) is 11.6. The Balaban J connectivity index is 3.40. The Morgan fingerprint density at radius 1 is 0.667 bits per heavy atom. The van der Waals surface area contributed by atoms with Gasteiger partial charge in [-0.05, 0) is 38.5 Å². The van der Waals surface area contributed by atoms with Crippen molar-refractivity contribution in [3.8, 4) is 5.75 Å². The fourth-order valence-corrected chi connectivity index (χ4v) is 4.33. The Kier molecular flexibility index (Phi) is 17.4. The molecule has 21 heteroatoms. The van der Waals surface area contributed by atoms with Crippen LogP contribution in [0.25, 0.3) is 0 Å². The molecule has 0 saturated heterocycles. The number of phenolic OH excluding ortho intramolecular Hbond substituents is 1. The molecule has 0 aliphatic heterocycles. The van der Waals surface area contributed by atoms with E-state index in [0.717, 1.165) is 21.0 Å². The molecule has 0 aromatic heterocycles. The highest BCUT2D eigenvalue weighted by molar-refractivity contribution is 5.98. The number of carbonyl (C=O) groups is 8. The highest BCUT2D eigenvalue weighted by atomic mass is 16.5. The third-order valence-corrected chi connectivity index (χ3v) is 7.18. The molecule has 284 valence electrons. The number of amides is 6. The molecule has 0 saturated carbocycles. The van der Waals surface area contributed by atoms with Gasteiger partial charge in [-0.1, -0.05) is 12.1 Å². The van der Waals surface area contributed by atoms with Crippen molar-refractivity contribution in [1.29, 1.82) is 0 Å². The molecule has 51 heavy (non-hydrogen) atoms. The lowest BCUT2D eigenvalue weighted by Gasteiger charge is -2.28. The summed E-state index contributed by atoms with van der Waals surface area (Å²) in [5.41, 5.74) is 11.2. The summed E-state index contributed by atoms with van der Waals surface area (Å²) in [6.07, 6.45) is -6.69. The van der Waals surface area contributed by atoms with E-state index in [-0.39, 0.29) is 12.2 Å². The number of hydrogen-bond donors (Lipinski definition) is 12. The van der Waals surface area contributed by atoms with Crippen LogP contribution in [0.1, 0.15) is 39.2 Å². The lowest BCUT2D eigenvalue weighted by atomic mass is 10.0. The van der Waals surface area contributed by atoms with Gasteiger partial charge in [0.25, 0.3) is 0 Å². The zero-order valence-electron chi connectivity index (χ0n) is 28.2. The molecule has 1 aromatic rings. The van der Waals surface area contributed by atoms with Crippen LogP contribution in [0.15, 0.2) is 24.3 Å². The van der Waals surface area contributed by atoms with Gasteiger partial charge in [0.15, 0.2) is 0 Å². The number of aromatic hydroxyl groups is 1. The van der Waals surface area contributed by atoms with Crippen molar-refractivity contribution >= 4 is 47.4 Å². The fourth-order valence-electron chi connectivity index (χ4n) is 4.33. The Morgan fingerprint density at radius 2 is 1.12 bits per heavy atom. The number of nitrogens with two attached hydrogens (primary N) is 2. The Labute approximate surface area is 291 Å². The van der Waals surface area contributed by atoms with Gasteiger partial charge in [-0.2, -0.15) is 0 Å². The van der Waals surface area contributed by atoms with Crippen molar-refractivity contribution < 1.29 is 68.6 Å². The van der Waals surface area contributed by atoms with E-state index >= 15 is 0 Å². The van der Waals surface area contributed by atoms with E-state index in [1.807, 2.05) is 0 Å². The first-order chi connectivity index (χ1) is 23.7. The van der Waals surface area contributed by atoms with E-state index in [1.165, 1.54) is 31.2 Å². The maximum Gasteiger partial charge on any atom is 0.328 e. The van der Waals surface area contributed by atoms with Crippen LogP contribution in [0.3, 0.4) is 0 Å². The standard InChI is InChI=1S/C30H45N7O14/c1-12(38)22(32)27(47)37-24(14(3)40)28(48)34-18(10-20(31)42)25(45)33-17(9-15-5-7-16(41)8-6-15)26(46)36-23(13(2)39)29(49)35-19(11-21(43)44)30(50)51-4/h5-8,12-14,17-19,22-24,38-41H,9-11,32H2,1-4H3,(H2,31,42)(H,33,45)(H,34,48)(H,35,49)(H,36,46)(H,37,47)(H,43,44)/t12-,13-,14-,17+,18+,19+,22+,23+,24+/m1/s1. The maximum atomic E-state index is 13.6. The van der Waals surface area contributed by atoms with Gasteiger partial charge >= 0.3 is 11.9 Å². The number of methoxy groups -OCH3 is 1. The highest BCUT2D eigenvalue weighted by Gasteiger charge is 2.36. The largest absolute Gasteiger partial charge is 0.508 e. The number of hydrogen-bond acceptors (Lipinski definition) is 14. The molecule has 0 aliphatic rings. The zero-order valence-corrected chi connectivity index (χ0v) is 28.2. The number of nitrogens with one attached hydrogen (secondary N) is 5. The number of aliphatic hydroxyl groups is 3. The number of carbonyl (C=O) groups excluding carboxylic acids is 7. The maximum absolute atomic E-state index is 13.6. The van der Waals surface area contributed by atoms with Gasteiger partial charge in [0.2, 0.25) is 35.4 Å². The summed E-state index contributed by atoms with van der Waals surface area (Å²) in [5, 5.41) is 59.7. The van der Waals surface area contributed by atoms with Gasteiger partial charge in [0, 0.05) is 6.42 Å². The summed E-state index contributed by atoms with van der Waals surface area (Å²) in [5.74, 6) is -9.61. The molecule has 0 radical (unpaired) electrons. The van der Waals surface area contributed by atoms with Gasteiger partial charge in [-0.25, -0.2) is 4.79 Å². The number of primary amides is 1. The molecule has 0 aliphatic carbocycles. The van der Waals surface area contributed by atoms with Gasteiger partial charge < -0.3 is 68.3 Å². The van der Waals surface area contributed by atoms with E-state index < -0.39 is 115 Å². The van der Waals surface area contributed by atoms with Crippen LogP contribution in [0.2, 0.25) is 0 Å². The van der Waals surface area contributed by atoms with E-state index in [4.69, 9.17) is 16.6 Å². The minimum Gasteiger partial charge on any atom is -0.508 e. The fraction of sp³-hybridized carbons (Fsp3) is 0.533. The summed E-state index contributed by atoms with van der Waals surface area (Å²) in [4.78, 5) is 101. The van der Waals surface area contributed by atoms with Gasteiger partial charge in [-0.15, -0.1) is 0 Å². The Bertz CT molecular complexity index is 1420. The van der Waals surface area contributed by atoms with Gasteiger partial charge in [0.05, 0.1) is 38.3 Å². The van der Waals surface area contributed by atoms with Crippen molar-refractivity contribution in [3.05, 3.63) is 29.8 Å². The monoisotopic (exact) mass is 727 g/mol. The van der Waals surface area contributed by atoms with Crippen LogP contribution in [0, 0.1) is 0 Å². The number of ether oxygens (including phenoxy) is 1. The molecule has 0 heterocycles. The molecule has 14 N–H and O–H groups in total. The minimum atomic E-state index is -1.83. The lowest BCUT2D eigenvalue weighted by molar-refractivity contribution is -0.150. The van der Waals surface area contributed by atoms with E-state index in [9.17, 15) is 58.8 Å². The average Bonchev–Trinajstić information content (AvgIpc) is 3.03. The summed E-state index contributed by atoms with van der Waals surface area (Å²) in [7, 11) is 0.940. The quantitative estimate of drug-likeness (QED) is 0.0557. The van der Waals surface area contributed by atoms with Crippen LogP contribution in [0.4, 0.5) is 0 Å². The molecule has 9 atom stereocenters. The van der Waals surface area contributed by atoms with Crippen molar-refractivity contribution in [2.45, 2.75) is 94.6 Å². The lowest BCUT2D eigenvalue weighted by Crippen LogP contribution is -2.62. The summed E-state index contributed by atoms with van der Waals surface area (Å²) < 4.78 is 4.49. The second kappa shape index (κ2) is 20.3. The highest BCUT2D eigenvalue weighted by Crippen LogP contribution is 2.12. The van der Waals surface area contributed by atoms with Crippen molar-refractivity contribution in [3.63, 3.8) is 0 Å². The van der Waals surface area contributed by atoms with Crippen molar-refractivity contribution in [2.75, 3.05) is 7.11 Å². The first kappa shape index (κ1) is 43.6. The first-order valence-corrected chi connectivity index (χ1v) is 15.4. The number of carboxylic acid groups (broad SMARTS) is 1. The topological polar surface area (TPSA) is 359 Å². The zero-order chi connectivity index (χ0) is 39.2. The molecule has 0 unspecified atom stereocenters. The van der Waals surface area contributed by atoms with E-state index in [0.29, 0.717) is 5.56 Å². The van der Waals surface area contributed by atoms with Crippen molar-refractivity contribution in [1.82, 2.24) is 26.6 Å². The molecule has 21 nitrogen and oxygen atoms in total.